The molecule has 0 spiro atoms. The number of aromatic nitrogens is 2. The molecule has 0 unspecified atom stereocenters. The molecule has 5 heteroatoms. The van der Waals surface area contributed by atoms with Gasteiger partial charge in [0.15, 0.2) is 11.5 Å². The molecule has 0 saturated carbocycles. The highest BCUT2D eigenvalue weighted by molar-refractivity contribution is 6.35. The van der Waals surface area contributed by atoms with Gasteiger partial charge in [0.2, 0.25) is 0 Å². The minimum Gasteiger partial charge on any atom is -0.493 e. The maximum atomic E-state index is 6.21. The van der Waals surface area contributed by atoms with Crippen LogP contribution >= 0.6 is 11.6 Å². The van der Waals surface area contributed by atoms with Crippen LogP contribution in [0.4, 0.5) is 0 Å². The van der Waals surface area contributed by atoms with Crippen LogP contribution in [-0.2, 0) is 6.54 Å². The van der Waals surface area contributed by atoms with Gasteiger partial charge < -0.3 is 14.0 Å². The second-order valence-corrected chi connectivity index (χ2v) is 5.02. The van der Waals surface area contributed by atoms with Crippen molar-refractivity contribution in [1.29, 1.82) is 0 Å². The summed E-state index contributed by atoms with van der Waals surface area (Å²) in [6, 6.07) is 9.65. The number of pyridine rings is 1. The lowest BCUT2D eigenvalue weighted by molar-refractivity contribution is 0.348. The van der Waals surface area contributed by atoms with Gasteiger partial charge in [0.1, 0.15) is 5.69 Å². The van der Waals surface area contributed by atoms with Crippen LogP contribution < -0.4 is 9.47 Å². The molecule has 4 nitrogen and oxygen atoms in total. The van der Waals surface area contributed by atoms with Gasteiger partial charge in [-0.3, -0.25) is 4.98 Å². The van der Waals surface area contributed by atoms with Crippen molar-refractivity contribution in [3.8, 4) is 11.5 Å². The van der Waals surface area contributed by atoms with E-state index < -0.39 is 0 Å². The SMILES string of the molecule is COc1ccnc(Cn2ccc3c(Cl)cccc32)c1OC. The topological polar surface area (TPSA) is 36.3 Å². The van der Waals surface area contributed by atoms with Crippen LogP contribution in [0.3, 0.4) is 0 Å². The molecule has 0 aliphatic carbocycles. The van der Waals surface area contributed by atoms with Gasteiger partial charge in [0.25, 0.3) is 0 Å². The highest BCUT2D eigenvalue weighted by atomic mass is 35.5. The third-order valence-corrected chi connectivity index (χ3v) is 3.78. The Hall–Kier alpha value is -2.20. The van der Waals surface area contributed by atoms with Crippen molar-refractivity contribution in [3.05, 3.63) is 53.4 Å². The standard InChI is InChI=1S/C16H15ClN2O2/c1-20-15-6-8-18-13(16(15)21-2)10-19-9-7-11-12(17)4-3-5-14(11)19/h3-9H,10H2,1-2H3. The Morgan fingerprint density at radius 3 is 2.76 bits per heavy atom. The predicted molar refractivity (Wildman–Crippen MR) is 83.4 cm³/mol. The number of halogens is 1. The van der Waals surface area contributed by atoms with Crippen LogP contribution in [0.1, 0.15) is 5.69 Å². The zero-order valence-electron chi connectivity index (χ0n) is 11.8. The molecule has 108 valence electrons. The Morgan fingerprint density at radius 1 is 1.14 bits per heavy atom. The van der Waals surface area contributed by atoms with Crippen LogP contribution in [0, 0.1) is 0 Å². The van der Waals surface area contributed by atoms with E-state index in [9.17, 15) is 0 Å². The number of methoxy groups -OCH3 is 2. The monoisotopic (exact) mass is 302 g/mol. The summed E-state index contributed by atoms with van der Waals surface area (Å²) in [5.41, 5.74) is 1.88. The molecule has 0 radical (unpaired) electrons. The van der Waals surface area contributed by atoms with Gasteiger partial charge in [-0.1, -0.05) is 17.7 Å². The molecule has 2 aromatic heterocycles. The van der Waals surface area contributed by atoms with Crippen LogP contribution in [0.2, 0.25) is 5.02 Å². The van der Waals surface area contributed by atoms with E-state index in [0.29, 0.717) is 18.0 Å². The molecule has 21 heavy (non-hydrogen) atoms. The summed E-state index contributed by atoms with van der Waals surface area (Å²) in [4.78, 5) is 4.40. The van der Waals surface area contributed by atoms with Crippen LogP contribution in [0.5, 0.6) is 11.5 Å². The highest BCUT2D eigenvalue weighted by Crippen LogP contribution is 2.31. The second kappa shape index (κ2) is 5.66. The molecular weight excluding hydrogens is 288 g/mol. The van der Waals surface area contributed by atoms with Gasteiger partial charge in [-0.15, -0.1) is 0 Å². The highest BCUT2D eigenvalue weighted by Gasteiger charge is 2.13. The molecule has 0 atom stereocenters. The number of hydrogen-bond donors (Lipinski definition) is 0. The van der Waals surface area contributed by atoms with Crippen LogP contribution in [0.25, 0.3) is 10.9 Å². The first-order valence-corrected chi connectivity index (χ1v) is 6.91. The van der Waals surface area contributed by atoms with E-state index in [2.05, 4.69) is 9.55 Å². The first-order valence-electron chi connectivity index (χ1n) is 6.54. The number of ether oxygens (including phenoxy) is 2. The second-order valence-electron chi connectivity index (χ2n) is 4.61. The molecular formula is C16H15ClN2O2. The van der Waals surface area contributed by atoms with Crippen molar-refractivity contribution in [1.82, 2.24) is 9.55 Å². The van der Waals surface area contributed by atoms with E-state index >= 15 is 0 Å². The molecule has 0 aliphatic rings. The summed E-state index contributed by atoms with van der Waals surface area (Å²) in [6.07, 6.45) is 3.71. The summed E-state index contributed by atoms with van der Waals surface area (Å²) < 4.78 is 12.8. The molecule has 2 heterocycles. The van der Waals surface area contributed by atoms with Crippen molar-refractivity contribution < 1.29 is 9.47 Å². The van der Waals surface area contributed by atoms with Gasteiger partial charge in [-0.2, -0.15) is 0 Å². The zero-order valence-corrected chi connectivity index (χ0v) is 12.6. The molecule has 3 rings (SSSR count). The Balaban J connectivity index is 2.05. The van der Waals surface area contributed by atoms with Gasteiger partial charge in [-0.25, -0.2) is 0 Å². The Morgan fingerprint density at radius 2 is 2.00 bits per heavy atom. The summed E-state index contributed by atoms with van der Waals surface area (Å²) in [7, 11) is 3.24. The molecule has 0 fully saturated rings. The number of fused-ring (bicyclic) bond motifs is 1. The van der Waals surface area contributed by atoms with E-state index in [0.717, 1.165) is 21.6 Å². The lowest BCUT2D eigenvalue weighted by atomic mass is 10.2. The van der Waals surface area contributed by atoms with Crippen LogP contribution in [-0.4, -0.2) is 23.8 Å². The van der Waals surface area contributed by atoms with Crippen LogP contribution in [0.15, 0.2) is 42.7 Å². The molecule has 0 aliphatic heterocycles. The maximum Gasteiger partial charge on any atom is 0.184 e. The van der Waals surface area contributed by atoms with E-state index in [-0.39, 0.29) is 0 Å². The molecule has 0 saturated heterocycles. The van der Waals surface area contributed by atoms with E-state index in [1.807, 2.05) is 30.5 Å². The Labute approximate surface area is 127 Å². The molecule has 0 N–H and O–H groups in total. The van der Waals surface area contributed by atoms with Gasteiger partial charge in [0, 0.05) is 34.4 Å². The first kappa shape index (κ1) is 13.8. The van der Waals surface area contributed by atoms with Crippen molar-refractivity contribution in [2.45, 2.75) is 6.54 Å². The summed E-state index contributed by atoms with van der Waals surface area (Å²) >= 11 is 6.21. The van der Waals surface area contributed by atoms with Gasteiger partial charge >= 0.3 is 0 Å². The maximum absolute atomic E-state index is 6.21. The normalized spacial score (nSPS) is 10.8. The van der Waals surface area contributed by atoms with Gasteiger partial charge in [-0.05, 0) is 18.2 Å². The number of nitrogens with zero attached hydrogens (tertiary/aromatic N) is 2. The molecule has 1 aromatic carbocycles. The van der Waals surface area contributed by atoms with E-state index in [1.54, 1.807) is 26.5 Å². The third kappa shape index (κ3) is 2.43. The largest absolute Gasteiger partial charge is 0.493 e. The average molecular weight is 303 g/mol. The minimum atomic E-state index is 0.588. The van der Waals surface area contributed by atoms with Crippen molar-refractivity contribution in [2.75, 3.05) is 14.2 Å². The number of benzene rings is 1. The smallest absolute Gasteiger partial charge is 0.184 e. The third-order valence-electron chi connectivity index (χ3n) is 3.45. The van der Waals surface area contributed by atoms with Crippen molar-refractivity contribution in [3.63, 3.8) is 0 Å². The average Bonchev–Trinajstić information content (AvgIpc) is 2.91. The van der Waals surface area contributed by atoms with Crippen molar-refractivity contribution >= 4 is 22.5 Å². The fraction of sp³-hybridized carbons (Fsp3) is 0.188. The Bertz CT molecular complexity index is 783. The lowest BCUT2D eigenvalue weighted by Gasteiger charge is -2.12. The quantitative estimate of drug-likeness (QED) is 0.736. The number of rotatable bonds is 4. The molecule has 3 aromatic rings. The summed E-state index contributed by atoms with van der Waals surface area (Å²) in [6.45, 7) is 0.588. The van der Waals surface area contributed by atoms with E-state index in [1.165, 1.54) is 0 Å². The van der Waals surface area contributed by atoms with E-state index in [4.69, 9.17) is 21.1 Å². The minimum absolute atomic E-state index is 0.588. The summed E-state index contributed by atoms with van der Waals surface area (Å²) in [5.74, 6) is 1.33. The molecule has 0 bridgehead atoms. The first-order chi connectivity index (χ1) is 10.2. The fourth-order valence-corrected chi connectivity index (χ4v) is 2.68. The number of hydrogen-bond acceptors (Lipinski definition) is 3. The fourth-order valence-electron chi connectivity index (χ4n) is 2.45. The predicted octanol–water partition coefficient (Wildman–Crippen LogP) is 3.76. The zero-order chi connectivity index (χ0) is 14.8. The van der Waals surface area contributed by atoms with Gasteiger partial charge in [0.05, 0.1) is 20.8 Å². The summed E-state index contributed by atoms with van der Waals surface area (Å²) in [5, 5.41) is 1.78. The Kier molecular flexibility index (Phi) is 3.71. The molecule has 0 amide bonds. The lowest BCUT2D eigenvalue weighted by Crippen LogP contribution is -2.04. The van der Waals surface area contributed by atoms with Crippen molar-refractivity contribution in [2.24, 2.45) is 0 Å².